The van der Waals surface area contributed by atoms with Crippen LogP contribution < -0.4 is 4.74 Å². The lowest BCUT2D eigenvalue weighted by Gasteiger charge is -2.24. The summed E-state index contributed by atoms with van der Waals surface area (Å²) in [6.45, 7) is 0.159. The summed E-state index contributed by atoms with van der Waals surface area (Å²) in [5.74, 6) is 0.959. The third kappa shape index (κ3) is 4.24. The molecule has 0 spiro atoms. The van der Waals surface area contributed by atoms with Crippen LogP contribution in [0.1, 0.15) is 15.9 Å². The lowest BCUT2D eigenvalue weighted by atomic mass is 10.1. The molecule has 0 radical (unpaired) electrons. The summed E-state index contributed by atoms with van der Waals surface area (Å²) in [6, 6.07) is 14.7. The Morgan fingerprint density at radius 3 is 2.56 bits per heavy atom. The van der Waals surface area contributed by atoms with Crippen molar-refractivity contribution >= 4 is 44.9 Å². The number of rotatable bonds is 4. The summed E-state index contributed by atoms with van der Waals surface area (Å²) in [7, 11) is 1.62. The van der Waals surface area contributed by atoms with Gasteiger partial charge in [-0.15, -0.1) is 5.10 Å². The van der Waals surface area contributed by atoms with Crippen LogP contribution in [-0.2, 0) is 11.2 Å². The molecule has 1 aliphatic heterocycles. The predicted octanol–water partition coefficient (Wildman–Crippen LogP) is 3.81. The van der Waals surface area contributed by atoms with Crippen molar-refractivity contribution in [3.63, 3.8) is 0 Å². The Kier molecular flexibility index (Phi) is 5.45. The van der Waals surface area contributed by atoms with E-state index in [1.165, 1.54) is 5.01 Å². The van der Waals surface area contributed by atoms with Gasteiger partial charge in [0.1, 0.15) is 17.3 Å². The quantitative estimate of drug-likeness (QED) is 0.708. The van der Waals surface area contributed by atoms with Gasteiger partial charge < -0.3 is 9.47 Å². The summed E-state index contributed by atoms with van der Waals surface area (Å²) >= 11 is 8.58. The third-order valence-corrected chi connectivity index (χ3v) is 4.43. The highest BCUT2D eigenvalue weighted by Gasteiger charge is 2.25. The molecule has 7 heteroatoms. The second kappa shape index (κ2) is 7.76. The van der Waals surface area contributed by atoms with E-state index in [0.717, 1.165) is 15.8 Å². The van der Waals surface area contributed by atoms with Crippen LogP contribution in [0.25, 0.3) is 0 Å². The molecule has 2 aromatic rings. The highest BCUT2D eigenvalue weighted by molar-refractivity contribution is 9.10. The molecule has 0 saturated carbocycles. The second-order valence-corrected chi connectivity index (χ2v) is 6.71. The van der Waals surface area contributed by atoms with E-state index in [-0.39, 0.29) is 12.5 Å². The molecule has 5 nitrogen and oxygen atoms in total. The van der Waals surface area contributed by atoms with Crippen LogP contribution in [0.2, 0.25) is 0 Å². The standard InChI is InChI=1S/C18H15BrN2O3S/c1-23-15-8-2-12(3-9-15)10-16-20-21(17(25)11-24-16)18(22)13-4-6-14(19)7-5-13/h2-9H,10-11H2,1H3. The van der Waals surface area contributed by atoms with E-state index in [9.17, 15) is 4.79 Å². The van der Waals surface area contributed by atoms with Crippen molar-refractivity contribution < 1.29 is 14.3 Å². The minimum Gasteiger partial charge on any atom is -0.497 e. The topological polar surface area (TPSA) is 51.1 Å². The van der Waals surface area contributed by atoms with Gasteiger partial charge in [0.05, 0.1) is 13.5 Å². The lowest BCUT2D eigenvalue weighted by molar-refractivity contribution is 0.0831. The number of benzene rings is 2. The van der Waals surface area contributed by atoms with Crippen LogP contribution in [0.5, 0.6) is 5.75 Å². The molecule has 1 aliphatic rings. The number of hydrogen-bond acceptors (Lipinski definition) is 5. The molecular weight excluding hydrogens is 404 g/mol. The van der Waals surface area contributed by atoms with Gasteiger partial charge in [0, 0.05) is 10.0 Å². The maximum absolute atomic E-state index is 12.6. The highest BCUT2D eigenvalue weighted by Crippen LogP contribution is 2.17. The molecule has 0 aliphatic carbocycles. The average molecular weight is 419 g/mol. The number of nitrogens with zero attached hydrogens (tertiary/aromatic N) is 2. The van der Waals surface area contributed by atoms with Gasteiger partial charge >= 0.3 is 0 Å². The second-order valence-electron chi connectivity index (χ2n) is 5.32. The van der Waals surface area contributed by atoms with Crippen molar-refractivity contribution in [3.8, 4) is 5.75 Å². The minimum atomic E-state index is -0.270. The van der Waals surface area contributed by atoms with Crippen LogP contribution in [0.4, 0.5) is 0 Å². The SMILES string of the molecule is COc1ccc(CC2=NN(C(=O)c3ccc(Br)cc3)C(=S)CO2)cc1. The summed E-state index contributed by atoms with van der Waals surface area (Å²) in [6.07, 6.45) is 0.469. The summed E-state index contributed by atoms with van der Waals surface area (Å²) in [5, 5.41) is 5.53. The molecular formula is C18H15BrN2O3S. The van der Waals surface area contributed by atoms with Gasteiger partial charge in [-0.25, -0.2) is 0 Å². The number of carbonyl (C=O) groups is 1. The van der Waals surface area contributed by atoms with Gasteiger partial charge in [-0.3, -0.25) is 4.79 Å². The third-order valence-electron chi connectivity index (χ3n) is 3.61. The van der Waals surface area contributed by atoms with Crippen molar-refractivity contribution in [1.82, 2.24) is 5.01 Å². The summed E-state index contributed by atoms with van der Waals surface area (Å²) < 4.78 is 11.6. The van der Waals surface area contributed by atoms with Crippen molar-refractivity contribution in [1.29, 1.82) is 0 Å². The Morgan fingerprint density at radius 1 is 1.24 bits per heavy atom. The number of hydrogen-bond donors (Lipinski definition) is 0. The van der Waals surface area contributed by atoms with E-state index in [2.05, 4.69) is 21.0 Å². The highest BCUT2D eigenvalue weighted by atomic mass is 79.9. The van der Waals surface area contributed by atoms with Crippen LogP contribution in [0, 0.1) is 0 Å². The number of thiocarbonyl (C=S) groups is 1. The molecule has 0 fully saturated rings. The Morgan fingerprint density at radius 2 is 1.92 bits per heavy atom. The Balaban J connectivity index is 1.78. The van der Waals surface area contributed by atoms with Crippen molar-refractivity contribution in [2.45, 2.75) is 6.42 Å². The fraction of sp³-hybridized carbons (Fsp3) is 0.167. The molecule has 1 amide bonds. The summed E-state index contributed by atoms with van der Waals surface area (Å²) in [5.41, 5.74) is 1.52. The fourth-order valence-corrected chi connectivity index (χ4v) is 2.73. The van der Waals surface area contributed by atoms with E-state index in [4.69, 9.17) is 21.7 Å². The number of hydrazone groups is 1. The van der Waals surface area contributed by atoms with E-state index in [1.807, 2.05) is 24.3 Å². The maximum atomic E-state index is 12.6. The fourth-order valence-electron chi connectivity index (χ4n) is 2.28. The van der Waals surface area contributed by atoms with E-state index >= 15 is 0 Å². The monoisotopic (exact) mass is 418 g/mol. The van der Waals surface area contributed by atoms with Crippen LogP contribution in [0.15, 0.2) is 58.1 Å². The number of ether oxygens (including phenoxy) is 2. The van der Waals surface area contributed by atoms with Crippen LogP contribution >= 0.6 is 28.1 Å². The predicted molar refractivity (Wildman–Crippen MR) is 103 cm³/mol. The van der Waals surface area contributed by atoms with E-state index < -0.39 is 0 Å². The lowest BCUT2D eigenvalue weighted by Crippen LogP contribution is -2.39. The largest absolute Gasteiger partial charge is 0.497 e. The van der Waals surface area contributed by atoms with Crippen molar-refractivity contribution in [2.75, 3.05) is 13.7 Å². The zero-order chi connectivity index (χ0) is 17.8. The Hall–Kier alpha value is -2.25. The Bertz CT molecular complexity index is 819. The molecule has 2 aromatic carbocycles. The first-order chi connectivity index (χ1) is 12.1. The van der Waals surface area contributed by atoms with Crippen molar-refractivity contribution in [3.05, 3.63) is 64.1 Å². The van der Waals surface area contributed by atoms with E-state index in [1.54, 1.807) is 31.4 Å². The number of halogens is 1. The average Bonchev–Trinajstić information content (AvgIpc) is 2.64. The van der Waals surface area contributed by atoms with Crippen LogP contribution in [-0.4, -0.2) is 35.5 Å². The first-order valence-corrected chi connectivity index (χ1v) is 8.73. The van der Waals surface area contributed by atoms with Gasteiger partial charge in [-0.05, 0) is 42.0 Å². The first kappa shape index (κ1) is 17.6. The summed E-state index contributed by atoms with van der Waals surface area (Å²) in [4.78, 5) is 13.0. The molecule has 0 N–H and O–H groups in total. The van der Waals surface area contributed by atoms with Gasteiger partial charge in [-0.1, -0.05) is 40.3 Å². The van der Waals surface area contributed by atoms with Crippen molar-refractivity contribution in [2.24, 2.45) is 5.10 Å². The van der Waals surface area contributed by atoms with E-state index in [0.29, 0.717) is 22.9 Å². The van der Waals surface area contributed by atoms with Gasteiger partial charge in [0.15, 0.2) is 0 Å². The molecule has 128 valence electrons. The Labute approximate surface area is 159 Å². The molecule has 0 atom stereocenters. The zero-order valence-corrected chi connectivity index (χ0v) is 15.8. The molecule has 0 saturated heterocycles. The number of carbonyl (C=O) groups excluding carboxylic acids is 1. The smallest absolute Gasteiger partial charge is 0.279 e. The molecule has 0 bridgehead atoms. The van der Waals surface area contributed by atoms with Gasteiger partial charge in [-0.2, -0.15) is 5.01 Å². The molecule has 0 aromatic heterocycles. The van der Waals surface area contributed by atoms with Gasteiger partial charge in [0.2, 0.25) is 5.90 Å². The zero-order valence-electron chi connectivity index (χ0n) is 13.4. The molecule has 25 heavy (non-hydrogen) atoms. The first-order valence-electron chi connectivity index (χ1n) is 7.53. The number of methoxy groups -OCH3 is 1. The molecule has 3 rings (SSSR count). The van der Waals surface area contributed by atoms with Gasteiger partial charge in [0.25, 0.3) is 5.91 Å². The number of amides is 1. The normalized spacial score (nSPS) is 13.9. The molecule has 0 unspecified atom stereocenters. The maximum Gasteiger partial charge on any atom is 0.279 e. The molecule has 1 heterocycles. The minimum absolute atomic E-state index is 0.159. The van der Waals surface area contributed by atoms with Crippen LogP contribution in [0.3, 0.4) is 0 Å².